The minimum atomic E-state index is -0.754. The summed E-state index contributed by atoms with van der Waals surface area (Å²) in [6.45, 7) is 8.19. The maximum Gasteiger partial charge on any atom is 0.261 e. The highest BCUT2D eigenvalue weighted by atomic mass is 19.1. The van der Waals surface area contributed by atoms with Gasteiger partial charge in [0.15, 0.2) is 6.61 Å². The van der Waals surface area contributed by atoms with Gasteiger partial charge in [0.1, 0.15) is 17.6 Å². The van der Waals surface area contributed by atoms with E-state index in [9.17, 15) is 14.0 Å². The molecule has 0 radical (unpaired) electrons. The predicted octanol–water partition coefficient (Wildman–Crippen LogP) is 4.66. The van der Waals surface area contributed by atoms with Crippen molar-refractivity contribution >= 4 is 11.8 Å². The van der Waals surface area contributed by atoms with Crippen molar-refractivity contribution in [2.75, 3.05) is 13.2 Å². The first-order valence-corrected chi connectivity index (χ1v) is 10.9. The van der Waals surface area contributed by atoms with Gasteiger partial charge in [0.25, 0.3) is 5.91 Å². The first-order valence-electron chi connectivity index (χ1n) is 10.9. The van der Waals surface area contributed by atoms with Crippen LogP contribution in [0.1, 0.15) is 57.6 Å². The summed E-state index contributed by atoms with van der Waals surface area (Å²) in [7, 11) is 0. The molecule has 0 saturated carbocycles. The number of rotatable bonds is 11. The lowest BCUT2D eigenvalue weighted by Gasteiger charge is -2.29. The average Bonchev–Trinajstić information content (AvgIpc) is 2.76. The zero-order valence-corrected chi connectivity index (χ0v) is 18.9. The van der Waals surface area contributed by atoms with Crippen molar-refractivity contribution in [3.8, 4) is 5.75 Å². The molecular weight excluding hydrogens is 395 g/mol. The van der Waals surface area contributed by atoms with Gasteiger partial charge in [-0.1, -0.05) is 57.5 Å². The van der Waals surface area contributed by atoms with E-state index < -0.39 is 11.9 Å². The fraction of sp³-hybridized carbons (Fsp3) is 0.440. The van der Waals surface area contributed by atoms with Crippen LogP contribution >= 0.6 is 0 Å². The molecule has 2 aromatic rings. The molecule has 2 aromatic carbocycles. The minimum absolute atomic E-state index is 0.0104. The molecule has 0 spiro atoms. The summed E-state index contributed by atoms with van der Waals surface area (Å²) >= 11 is 0. The second kappa shape index (κ2) is 12.1. The van der Waals surface area contributed by atoms with E-state index in [1.807, 2.05) is 31.2 Å². The number of carbonyl (C=O) groups is 2. The lowest BCUT2D eigenvalue weighted by atomic mass is 10.0. The molecule has 2 amide bonds. The molecule has 0 aliphatic rings. The number of benzene rings is 2. The SMILES string of the molecule is CCCCNC(=O)[C@@H](C)N(Cc1ccccc1F)C(=O)COc1ccc(C(C)C)cc1. The summed E-state index contributed by atoms with van der Waals surface area (Å²) in [6, 6.07) is 13.1. The Balaban J connectivity index is 2.11. The molecule has 5 nitrogen and oxygen atoms in total. The van der Waals surface area contributed by atoms with Crippen molar-refractivity contribution < 1.29 is 18.7 Å². The monoisotopic (exact) mass is 428 g/mol. The molecule has 0 aliphatic carbocycles. The quantitative estimate of drug-likeness (QED) is 0.530. The van der Waals surface area contributed by atoms with E-state index in [1.54, 1.807) is 25.1 Å². The van der Waals surface area contributed by atoms with Crippen molar-refractivity contribution in [2.24, 2.45) is 0 Å². The summed E-state index contributed by atoms with van der Waals surface area (Å²) in [5.74, 6) is -0.0829. The molecule has 0 bridgehead atoms. The molecule has 1 N–H and O–H groups in total. The van der Waals surface area contributed by atoms with Crippen molar-refractivity contribution in [1.29, 1.82) is 0 Å². The molecule has 0 heterocycles. The number of hydrogen-bond acceptors (Lipinski definition) is 3. The number of ether oxygens (including phenoxy) is 1. The van der Waals surface area contributed by atoms with Crippen molar-refractivity contribution in [1.82, 2.24) is 10.2 Å². The van der Waals surface area contributed by atoms with Crippen LogP contribution in [0.5, 0.6) is 5.75 Å². The van der Waals surface area contributed by atoms with Crippen LogP contribution in [0.2, 0.25) is 0 Å². The standard InChI is InChI=1S/C25H33FN2O3/c1-5-6-15-27-25(30)19(4)28(16-21-9-7-8-10-23(21)26)24(29)17-31-22-13-11-20(12-14-22)18(2)3/h7-14,18-19H,5-6,15-17H2,1-4H3,(H,27,30)/t19-/m1/s1. The van der Waals surface area contributed by atoms with Gasteiger partial charge < -0.3 is 15.0 Å². The van der Waals surface area contributed by atoms with Crippen molar-refractivity contribution in [2.45, 2.75) is 59.0 Å². The normalized spacial score (nSPS) is 11.8. The molecule has 2 rings (SSSR count). The highest BCUT2D eigenvalue weighted by Gasteiger charge is 2.27. The van der Waals surface area contributed by atoms with E-state index in [4.69, 9.17) is 4.74 Å². The Hall–Kier alpha value is -2.89. The first-order chi connectivity index (χ1) is 14.8. The van der Waals surface area contributed by atoms with E-state index in [-0.39, 0.29) is 25.0 Å². The number of unbranched alkanes of at least 4 members (excludes halogenated alkanes) is 1. The van der Waals surface area contributed by atoms with Gasteiger partial charge in [-0.3, -0.25) is 9.59 Å². The van der Waals surface area contributed by atoms with Crippen LogP contribution in [-0.2, 0) is 16.1 Å². The van der Waals surface area contributed by atoms with Crippen LogP contribution < -0.4 is 10.1 Å². The fourth-order valence-corrected chi connectivity index (χ4v) is 3.11. The van der Waals surface area contributed by atoms with Gasteiger partial charge in [-0.15, -0.1) is 0 Å². The number of hydrogen-bond donors (Lipinski definition) is 1. The first kappa shape index (κ1) is 24.4. The van der Waals surface area contributed by atoms with Crippen LogP contribution in [-0.4, -0.2) is 35.9 Å². The van der Waals surface area contributed by atoms with E-state index in [2.05, 4.69) is 19.2 Å². The Bertz CT molecular complexity index is 852. The summed E-state index contributed by atoms with van der Waals surface area (Å²) in [6.07, 6.45) is 1.81. The zero-order chi connectivity index (χ0) is 22.8. The Kier molecular flexibility index (Phi) is 9.50. The minimum Gasteiger partial charge on any atom is -0.484 e. The van der Waals surface area contributed by atoms with E-state index in [0.717, 1.165) is 12.8 Å². The highest BCUT2D eigenvalue weighted by molar-refractivity contribution is 5.87. The summed E-state index contributed by atoms with van der Waals surface area (Å²) in [5.41, 5.74) is 1.53. The Labute approximate surface area is 184 Å². The van der Waals surface area contributed by atoms with Gasteiger partial charge in [-0.25, -0.2) is 4.39 Å². The largest absolute Gasteiger partial charge is 0.484 e. The molecule has 6 heteroatoms. The predicted molar refractivity (Wildman–Crippen MR) is 120 cm³/mol. The van der Waals surface area contributed by atoms with Crippen molar-refractivity contribution in [3.63, 3.8) is 0 Å². The Morgan fingerprint density at radius 1 is 1.06 bits per heavy atom. The number of halogens is 1. The summed E-state index contributed by atoms with van der Waals surface area (Å²) in [4.78, 5) is 26.9. The molecule has 0 fully saturated rings. The van der Waals surface area contributed by atoms with Gasteiger partial charge in [-0.05, 0) is 43.0 Å². The second-order valence-corrected chi connectivity index (χ2v) is 7.95. The van der Waals surface area contributed by atoms with Gasteiger partial charge in [0.2, 0.25) is 5.91 Å². The van der Waals surface area contributed by atoms with Crippen LogP contribution in [0, 0.1) is 5.82 Å². The number of amides is 2. The Morgan fingerprint density at radius 2 is 1.74 bits per heavy atom. The van der Waals surface area contributed by atoms with Gasteiger partial charge in [0, 0.05) is 18.7 Å². The molecule has 0 aromatic heterocycles. The van der Waals surface area contributed by atoms with Gasteiger partial charge in [-0.2, -0.15) is 0 Å². The smallest absolute Gasteiger partial charge is 0.261 e. The van der Waals surface area contributed by atoms with E-state index in [0.29, 0.717) is 23.8 Å². The lowest BCUT2D eigenvalue weighted by Crippen LogP contribution is -2.49. The topological polar surface area (TPSA) is 58.6 Å². The molecule has 1 atom stereocenters. The second-order valence-electron chi connectivity index (χ2n) is 7.95. The maximum atomic E-state index is 14.2. The number of nitrogens with zero attached hydrogens (tertiary/aromatic N) is 1. The number of nitrogens with one attached hydrogen (secondary N) is 1. The molecule has 168 valence electrons. The molecule has 31 heavy (non-hydrogen) atoms. The summed E-state index contributed by atoms with van der Waals surface area (Å²) < 4.78 is 19.9. The molecule has 0 aliphatic heterocycles. The van der Waals surface area contributed by atoms with Gasteiger partial charge >= 0.3 is 0 Å². The van der Waals surface area contributed by atoms with Crippen LogP contribution in [0.3, 0.4) is 0 Å². The Morgan fingerprint density at radius 3 is 2.35 bits per heavy atom. The van der Waals surface area contributed by atoms with Crippen LogP contribution in [0.15, 0.2) is 48.5 Å². The average molecular weight is 429 g/mol. The van der Waals surface area contributed by atoms with Crippen molar-refractivity contribution in [3.05, 3.63) is 65.5 Å². The molecule has 0 saturated heterocycles. The third-order valence-electron chi connectivity index (χ3n) is 5.20. The highest BCUT2D eigenvalue weighted by Crippen LogP contribution is 2.19. The van der Waals surface area contributed by atoms with E-state index in [1.165, 1.54) is 16.5 Å². The summed E-state index contributed by atoms with van der Waals surface area (Å²) in [5, 5.41) is 2.84. The fourth-order valence-electron chi connectivity index (χ4n) is 3.11. The molecule has 0 unspecified atom stereocenters. The molecular formula is C25H33FN2O3. The van der Waals surface area contributed by atoms with Crippen LogP contribution in [0.25, 0.3) is 0 Å². The van der Waals surface area contributed by atoms with Gasteiger partial charge in [0.05, 0.1) is 0 Å². The lowest BCUT2D eigenvalue weighted by molar-refractivity contribution is -0.142. The third kappa shape index (κ3) is 7.39. The van der Waals surface area contributed by atoms with Crippen LogP contribution in [0.4, 0.5) is 4.39 Å². The zero-order valence-electron chi connectivity index (χ0n) is 18.9. The van der Waals surface area contributed by atoms with E-state index >= 15 is 0 Å². The third-order valence-corrected chi connectivity index (χ3v) is 5.20. The maximum absolute atomic E-state index is 14.2. The number of carbonyl (C=O) groups excluding carboxylic acids is 2.